The van der Waals surface area contributed by atoms with Gasteiger partial charge in [-0.3, -0.25) is 9.89 Å². The first-order chi connectivity index (χ1) is 12.0. The quantitative estimate of drug-likeness (QED) is 0.217. The standard InChI is InChI=1S/C20H43N5.HI/c1-7-8-9-10-11-18(4)23-20(21-5)22-16-19(17(2)3)25-14-12-24(6)13-15-25;/h17-19H,7-16H2,1-6H3,(H2,21,22,23);1H. The molecular weight excluding hydrogens is 437 g/mol. The summed E-state index contributed by atoms with van der Waals surface area (Å²) < 4.78 is 0. The Hall–Kier alpha value is -0.0800. The highest BCUT2D eigenvalue weighted by Gasteiger charge is 2.25. The van der Waals surface area contributed by atoms with Crippen LogP contribution in [0.3, 0.4) is 0 Å². The van der Waals surface area contributed by atoms with E-state index in [0.29, 0.717) is 18.0 Å². The molecule has 26 heavy (non-hydrogen) atoms. The highest BCUT2D eigenvalue weighted by molar-refractivity contribution is 14.0. The minimum Gasteiger partial charge on any atom is -0.355 e. The predicted molar refractivity (Wildman–Crippen MR) is 126 cm³/mol. The largest absolute Gasteiger partial charge is 0.355 e. The van der Waals surface area contributed by atoms with Crippen LogP contribution in [0.5, 0.6) is 0 Å². The van der Waals surface area contributed by atoms with E-state index in [0.717, 1.165) is 12.5 Å². The molecule has 1 rings (SSSR count). The van der Waals surface area contributed by atoms with E-state index >= 15 is 0 Å². The second-order valence-corrected chi connectivity index (χ2v) is 8.00. The van der Waals surface area contributed by atoms with Crippen molar-refractivity contribution in [2.75, 3.05) is 46.8 Å². The lowest BCUT2D eigenvalue weighted by atomic mass is 10.0. The molecule has 0 aromatic heterocycles. The zero-order valence-electron chi connectivity index (χ0n) is 18.1. The Kier molecular flexibility index (Phi) is 14.9. The van der Waals surface area contributed by atoms with Gasteiger partial charge in [-0.15, -0.1) is 24.0 Å². The van der Waals surface area contributed by atoms with Gasteiger partial charge in [0.1, 0.15) is 0 Å². The third-order valence-corrected chi connectivity index (χ3v) is 5.35. The first kappa shape index (κ1) is 25.9. The molecule has 6 heteroatoms. The smallest absolute Gasteiger partial charge is 0.191 e. The van der Waals surface area contributed by atoms with Gasteiger partial charge in [0.15, 0.2) is 5.96 Å². The van der Waals surface area contributed by atoms with E-state index in [2.05, 4.69) is 60.2 Å². The molecule has 0 spiro atoms. The zero-order chi connectivity index (χ0) is 18.7. The molecule has 0 bridgehead atoms. The number of nitrogens with one attached hydrogen (secondary N) is 2. The van der Waals surface area contributed by atoms with Gasteiger partial charge in [-0.2, -0.15) is 0 Å². The molecule has 156 valence electrons. The molecule has 1 aliphatic rings. The lowest BCUT2D eigenvalue weighted by Gasteiger charge is -2.40. The van der Waals surface area contributed by atoms with Crippen LogP contribution in [0.15, 0.2) is 4.99 Å². The molecular formula is C20H44IN5. The molecule has 0 radical (unpaired) electrons. The number of rotatable bonds is 10. The highest BCUT2D eigenvalue weighted by Crippen LogP contribution is 2.13. The number of piperazine rings is 1. The molecule has 1 heterocycles. The van der Waals surface area contributed by atoms with E-state index in [1.54, 1.807) is 0 Å². The summed E-state index contributed by atoms with van der Waals surface area (Å²) in [6.45, 7) is 14.8. The number of nitrogens with zero attached hydrogens (tertiary/aromatic N) is 3. The van der Waals surface area contributed by atoms with E-state index in [9.17, 15) is 0 Å². The summed E-state index contributed by atoms with van der Waals surface area (Å²) >= 11 is 0. The summed E-state index contributed by atoms with van der Waals surface area (Å²) in [4.78, 5) is 9.49. The van der Waals surface area contributed by atoms with Crippen LogP contribution in [0.2, 0.25) is 0 Å². The van der Waals surface area contributed by atoms with Gasteiger partial charge in [0, 0.05) is 51.9 Å². The molecule has 1 fully saturated rings. The van der Waals surface area contributed by atoms with Crippen LogP contribution in [-0.4, -0.2) is 74.7 Å². The molecule has 0 aromatic carbocycles. The third-order valence-electron chi connectivity index (χ3n) is 5.35. The van der Waals surface area contributed by atoms with Crippen LogP contribution in [0.1, 0.15) is 59.8 Å². The average molecular weight is 482 g/mol. The summed E-state index contributed by atoms with van der Waals surface area (Å²) in [6, 6.07) is 1.04. The first-order valence-corrected chi connectivity index (χ1v) is 10.4. The Labute approximate surface area is 179 Å². The van der Waals surface area contributed by atoms with E-state index in [1.807, 2.05) is 7.05 Å². The van der Waals surface area contributed by atoms with E-state index in [-0.39, 0.29) is 24.0 Å². The number of likely N-dealkylation sites (N-methyl/N-ethyl adjacent to an activating group) is 1. The Morgan fingerprint density at radius 1 is 1.04 bits per heavy atom. The van der Waals surface area contributed by atoms with Crippen LogP contribution in [0.4, 0.5) is 0 Å². The average Bonchev–Trinajstić information content (AvgIpc) is 2.59. The number of aliphatic imine (C=N–C) groups is 1. The molecule has 0 aromatic rings. The fraction of sp³-hybridized carbons (Fsp3) is 0.950. The van der Waals surface area contributed by atoms with Crippen molar-refractivity contribution in [3.8, 4) is 0 Å². The van der Waals surface area contributed by atoms with Gasteiger partial charge < -0.3 is 15.5 Å². The molecule has 2 atom stereocenters. The normalized spacial score (nSPS) is 19.1. The van der Waals surface area contributed by atoms with E-state index in [4.69, 9.17) is 0 Å². The maximum absolute atomic E-state index is 4.43. The second-order valence-electron chi connectivity index (χ2n) is 8.00. The van der Waals surface area contributed by atoms with Crippen molar-refractivity contribution in [1.82, 2.24) is 20.4 Å². The molecule has 0 saturated carbocycles. The van der Waals surface area contributed by atoms with Gasteiger partial charge in [0.25, 0.3) is 0 Å². The SMILES string of the molecule is CCCCCCC(C)NC(=NC)NCC(C(C)C)N1CCN(C)CC1.I. The van der Waals surface area contributed by atoms with Gasteiger partial charge in [0.05, 0.1) is 0 Å². The molecule has 1 aliphatic heterocycles. The number of unbranched alkanes of at least 4 members (excludes halogenated alkanes) is 3. The van der Waals surface area contributed by atoms with Crippen molar-refractivity contribution < 1.29 is 0 Å². The molecule has 2 unspecified atom stereocenters. The lowest BCUT2D eigenvalue weighted by Crippen LogP contribution is -2.55. The fourth-order valence-corrected chi connectivity index (χ4v) is 3.52. The minimum absolute atomic E-state index is 0. The number of hydrogen-bond acceptors (Lipinski definition) is 3. The summed E-state index contributed by atoms with van der Waals surface area (Å²) in [5.74, 6) is 1.59. The molecule has 1 saturated heterocycles. The van der Waals surface area contributed by atoms with E-state index < -0.39 is 0 Å². The number of hydrogen-bond donors (Lipinski definition) is 2. The second kappa shape index (κ2) is 14.9. The summed E-state index contributed by atoms with van der Waals surface area (Å²) in [5, 5.41) is 7.14. The minimum atomic E-state index is 0. The Morgan fingerprint density at radius 2 is 1.69 bits per heavy atom. The maximum atomic E-state index is 4.43. The van der Waals surface area contributed by atoms with Crippen molar-refractivity contribution in [1.29, 1.82) is 0 Å². The van der Waals surface area contributed by atoms with Crippen LogP contribution in [0, 0.1) is 5.92 Å². The molecule has 2 N–H and O–H groups in total. The Bertz CT molecular complexity index is 367. The van der Waals surface area contributed by atoms with E-state index in [1.165, 1.54) is 58.3 Å². The van der Waals surface area contributed by atoms with Gasteiger partial charge >= 0.3 is 0 Å². The molecule has 5 nitrogen and oxygen atoms in total. The topological polar surface area (TPSA) is 42.9 Å². The summed E-state index contributed by atoms with van der Waals surface area (Å²) in [7, 11) is 4.09. The Morgan fingerprint density at radius 3 is 2.23 bits per heavy atom. The third kappa shape index (κ3) is 10.3. The van der Waals surface area contributed by atoms with Gasteiger partial charge in [-0.25, -0.2) is 0 Å². The maximum Gasteiger partial charge on any atom is 0.191 e. The molecule has 0 amide bonds. The van der Waals surface area contributed by atoms with Gasteiger partial charge in [-0.1, -0.05) is 46.5 Å². The number of halogens is 1. The van der Waals surface area contributed by atoms with Crippen molar-refractivity contribution in [3.05, 3.63) is 0 Å². The highest BCUT2D eigenvalue weighted by atomic mass is 127. The van der Waals surface area contributed by atoms with Gasteiger partial charge in [-0.05, 0) is 26.3 Å². The van der Waals surface area contributed by atoms with Crippen LogP contribution in [0.25, 0.3) is 0 Å². The lowest BCUT2D eigenvalue weighted by molar-refractivity contribution is 0.0899. The zero-order valence-corrected chi connectivity index (χ0v) is 20.4. The van der Waals surface area contributed by atoms with Crippen molar-refractivity contribution in [2.45, 2.75) is 71.9 Å². The molecule has 0 aliphatic carbocycles. The van der Waals surface area contributed by atoms with Crippen LogP contribution < -0.4 is 10.6 Å². The summed E-state index contributed by atoms with van der Waals surface area (Å²) in [6.07, 6.45) is 6.50. The fourth-order valence-electron chi connectivity index (χ4n) is 3.52. The summed E-state index contributed by atoms with van der Waals surface area (Å²) in [5.41, 5.74) is 0. The number of guanidine groups is 1. The first-order valence-electron chi connectivity index (χ1n) is 10.4. The van der Waals surface area contributed by atoms with Crippen molar-refractivity contribution >= 4 is 29.9 Å². The van der Waals surface area contributed by atoms with Crippen molar-refractivity contribution in [2.24, 2.45) is 10.9 Å². The Balaban J connectivity index is 0.00000625. The van der Waals surface area contributed by atoms with Crippen molar-refractivity contribution in [3.63, 3.8) is 0 Å². The monoisotopic (exact) mass is 481 g/mol. The van der Waals surface area contributed by atoms with Crippen LogP contribution in [-0.2, 0) is 0 Å². The predicted octanol–water partition coefficient (Wildman–Crippen LogP) is 3.40. The van der Waals surface area contributed by atoms with Gasteiger partial charge in [0.2, 0.25) is 0 Å². The van der Waals surface area contributed by atoms with Crippen LogP contribution >= 0.6 is 24.0 Å².